The van der Waals surface area contributed by atoms with E-state index in [0.29, 0.717) is 12.1 Å². The molecule has 1 fully saturated rings. The van der Waals surface area contributed by atoms with Gasteiger partial charge in [-0.25, -0.2) is 0 Å². The molecule has 24 heavy (non-hydrogen) atoms. The van der Waals surface area contributed by atoms with E-state index in [2.05, 4.69) is 22.3 Å². The van der Waals surface area contributed by atoms with Gasteiger partial charge in [0.25, 0.3) is 0 Å². The van der Waals surface area contributed by atoms with Crippen molar-refractivity contribution in [3.05, 3.63) is 59.7 Å². The van der Waals surface area contributed by atoms with Gasteiger partial charge in [0, 0.05) is 17.9 Å². The zero-order valence-electron chi connectivity index (χ0n) is 14.0. The van der Waals surface area contributed by atoms with Gasteiger partial charge in [-0.05, 0) is 61.3 Å². The van der Waals surface area contributed by atoms with Crippen LogP contribution < -0.4 is 11.1 Å². The van der Waals surface area contributed by atoms with Crippen molar-refractivity contribution in [3.63, 3.8) is 0 Å². The Morgan fingerprint density at radius 2 is 1.75 bits per heavy atom. The lowest BCUT2D eigenvalue weighted by Gasteiger charge is -2.26. The highest BCUT2D eigenvalue weighted by molar-refractivity contribution is 5.92. The SMILES string of the molecule is Nc1ccc(CC(=O)Nc2cccc(CN3CCCCC3)c2)cc1. The molecule has 0 radical (unpaired) electrons. The molecule has 1 amide bonds. The van der Waals surface area contributed by atoms with Crippen molar-refractivity contribution in [2.45, 2.75) is 32.2 Å². The second-order valence-corrected chi connectivity index (χ2v) is 6.50. The maximum absolute atomic E-state index is 12.2. The zero-order valence-corrected chi connectivity index (χ0v) is 14.0. The van der Waals surface area contributed by atoms with E-state index in [1.54, 1.807) is 0 Å². The molecular weight excluding hydrogens is 298 g/mol. The van der Waals surface area contributed by atoms with Gasteiger partial charge >= 0.3 is 0 Å². The number of hydrogen-bond acceptors (Lipinski definition) is 3. The summed E-state index contributed by atoms with van der Waals surface area (Å²) in [5.74, 6) is -0.00473. The summed E-state index contributed by atoms with van der Waals surface area (Å²) in [6.45, 7) is 3.31. The number of amides is 1. The van der Waals surface area contributed by atoms with Crippen LogP contribution in [0.2, 0.25) is 0 Å². The fourth-order valence-electron chi connectivity index (χ4n) is 3.15. The molecule has 0 aliphatic carbocycles. The molecule has 4 heteroatoms. The number of anilines is 2. The number of hydrogen-bond donors (Lipinski definition) is 2. The number of piperidine rings is 1. The Morgan fingerprint density at radius 3 is 2.50 bits per heavy atom. The first-order valence-electron chi connectivity index (χ1n) is 8.64. The van der Waals surface area contributed by atoms with Crippen molar-refractivity contribution in [2.24, 2.45) is 0 Å². The number of rotatable bonds is 5. The quantitative estimate of drug-likeness (QED) is 0.829. The average molecular weight is 323 g/mol. The van der Waals surface area contributed by atoms with Gasteiger partial charge < -0.3 is 11.1 Å². The van der Waals surface area contributed by atoms with E-state index in [-0.39, 0.29) is 5.91 Å². The first-order chi connectivity index (χ1) is 11.7. The minimum Gasteiger partial charge on any atom is -0.399 e. The fraction of sp³-hybridized carbons (Fsp3) is 0.350. The van der Waals surface area contributed by atoms with Crippen LogP contribution in [0, 0.1) is 0 Å². The van der Waals surface area contributed by atoms with Gasteiger partial charge in [-0.15, -0.1) is 0 Å². The summed E-state index contributed by atoms with van der Waals surface area (Å²) >= 11 is 0. The van der Waals surface area contributed by atoms with E-state index in [4.69, 9.17) is 5.73 Å². The van der Waals surface area contributed by atoms with Crippen LogP contribution in [0.5, 0.6) is 0 Å². The molecule has 0 bridgehead atoms. The van der Waals surface area contributed by atoms with Crippen molar-refractivity contribution >= 4 is 17.3 Å². The molecule has 0 unspecified atom stereocenters. The van der Waals surface area contributed by atoms with Gasteiger partial charge in [0.1, 0.15) is 0 Å². The van der Waals surface area contributed by atoms with E-state index in [9.17, 15) is 4.79 Å². The standard InChI is InChI=1S/C20H25N3O/c21-18-9-7-16(8-10-18)14-20(24)22-19-6-4-5-17(13-19)15-23-11-2-1-3-12-23/h4-10,13H,1-3,11-12,14-15,21H2,(H,22,24). The van der Waals surface area contributed by atoms with E-state index < -0.39 is 0 Å². The van der Waals surface area contributed by atoms with Crippen LogP contribution >= 0.6 is 0 Å². The van der Waals surface area contributed by atoms with Gasteiger partial charge in [-0.3, -0.25) is 9.69 Å². The van der Waals surface area contributed by atoms with E-state index in [1.165, 1.54) is 37.9 Å². The summed E-state index contributed by atoms with van der Waals surface area (Å²) in [6, 6.07) is 15.6. The maximum Gasteiger partial charge on any atom is 0.228 e. The molecule has 4 nitrogen and oxygen atoms in total. The van der Waals surface area contributed by atoms with Gasteiger partial charge in [0.05, 0.1) is 6.42 Å². The third kappa shape index (κ3) is 4.83. The van der Waals surface area contributed by atoms with Crippen LogP contribution in [0.15, 0.2) is 48.5 Å². The average Bonchev–Trinajstić information content (AvgIpc) is 2.58. The lowest BCUT2D eigenvalue weighted by Crippen LogP contribution is -2.29. The van der Waals surface area contributed by atoms with E-state index in [1.807, 2.05) is 36.4 Å². The van der Waals surface area contributed by atoms with Crippen LogP contribution in [0.3, 0.4) is 0 Å². The van der Waals surface area contributed by atoms with Crippen molar-refractivity contribution in [3.8, 4) is 0 Å². The molecule has 1 saturated heterocycles. The summed E-state index contributed by atoms with van der Waals surface area (Å²) in [6.07, 6.45) is 4.28. The molecule has 3 N–H and O–H groups in total. The molecule has 126 valence electrons. The number of nitrogens with one attached hydrogen (secondary N) is 1. The van der Waals surface area contributed by atoms with Crippen LogP contribution in [-0.4, -0.2) is 23.9 Å². The molecular formula is C20H25N3O. The minimum atomic E-state index is -0.00473. The predicted molar refractivity (Wildman–Crippen MR) is 98.8 cm³/mol. The topological polar surface area (TPSA) is 58.4 Å². The molecule has 3 rings (SSSR count). The number of nitrogen functional groups attached to an aromatic ring is 1. The van der Waals surface area contributed by atoms with Gasteiger partial charge in [0.2, 0.25) is 5.91 Å². The summed E-state index contributed by atoms with van der Waals surface area (Å²) in [5.41, 5.74) is 9.46. The number of carbonyl (C=O) groups is 1. The van der Waals surface area contributed by atoms with Crippen LogP contribution in [0.4, 0.5) is 11.4 Å². The molecule has 0 atom stereocenters. The van der Waals surface area contributed by atoms with Crippen molar-refractivity contribution in [2.75, 3.05) is 24.1 Å². The highest BCUT2D eigenvalue weighted by atomic mass is 16.1. The zero-order chi connectivity index (χ0) is 16.8. The van der Waals surface area contributed by atoms with E-state index >= 15 is 0 Å². The first kappa shape index (κ1) is 16.5. The predicted octanol–water partition coefficient (Wildman–Crippen LogP) is 3.44. The Balaban J connectivity index is 1.57. The first-order valence-corrected chi connectivity index (χ1v) is 8.64. The number of carbonyl (C=O) groups excluding carboxylic acids is 1. The Labute approximate surface area is 143 Å². The largest absolute Gasteiger partial charge is 0.399 e. The molecule has 2 aromatic rings. The van der Waals surface area contributed by atoms with Gasteiger partial charge in [-0.2, -0.15) is 0 Å². The highest BCUT2D eigenvalue weighted by Gasteiger charge is 2.11. The Morgan fingerprint density at radius 1 is 1.00 bits per heavy atom. The molecule has 1 aliphatic rings. The molecule has 0 aromatic heterocycles. The Bertz CT molecular complexity index is 676. The molecule has 0 spiro atoms. The third-order valence-corrected chi connectivity index (χ3v) is 4.41. The van der Waals surface area contributed by atoms with Crippen LogP contribution in [0.1, 0.15) is 30.4 Å². The normalized spacial score (nSPS) is 15.2. The number of nitrogens with two attached hydrogens (primary N) is 1. The Hall–Kier alpha value is -2.33. The molecule has 1 heterocycles. The monoisotopic (exact) mass is 323 g/mol. The lowest BCUT2D eigenvalue weighted by atomic mass is 10.1. The number of benzene rings is 2. The van der Waals surface area contributed by atoms with Crippen LogP contribution in [0.25, 0.3) is 0 Å². The van der Waals surface area contributed by atoms with Crippen molar-refractivity contribution < 1.29 is 4.79 Å². The second-order valence-electron chi connectivity index (χ2n) is 6.50. The summed E-state index contributed by atoms with van der Waals surface area (Å²) in [5, 5.41) is 2.99. The number of likely N-dealkylation sites (tertiary alicyclic amines) is 1. The third-order valence-electron chi connectivity index (χ3n) is 4.41. The molecule has 2 aromatic carbocycles. The highest BCUT2D eigenvalue weighted by Crippen LogP contribution is 2.16. The van der Waals surface area contributed by atoms with Gasteiger partial charge in [-0.1, -0.05) is 30.7 Å². The lowest BCUT2D eigenvalue weighted by molar-refractivity contribution is -0.115. The number of nitrogens with zero attached hydrogens (tertiary/aromatic N) is 1. The summed E-state index contributed by atoms with van der Waals surface area (Å²) in [7, 11) is 0. The molecule has 1 aliphatic heterocycles. The van der Waals surface area contributed by atoms with Gasteiger partial charge in [0.15, 0.2) is 0 Å². The fourth-order valence-corrected chi connectivity index (χ4v) is 3.15. The summed E-state index contributed by atoms with van der Waals surface area (Å²) in [4.78, 5) is 14.7. The smallest absolute Gasteiger partial charge is 0.228 e. The van der Waals surface area contributed by atoms with Crippen LogP contribution in [-0.2, 0) is 17.8 Å². The minimum absolute atomic E-state index is 0.00473. The van der Waals surface area contributed by atoms with Crippen molar-refractivity contribution in [1.82, 2.24) is 4.90 Å². The maximum atomic E-state index is 12.2. The Kier molecular flexibility index (Phi) is 5.49. The molecule has 0 saturated carbocycles. The van der Waals surface area contributed by atoms with E-state index in [0.717, 1.165) is 17.8 Å². The van der Waals surface area contributed by atoms with Crippen molar-refractivity contribution in [1.29, 1.82) is 0 Å². The summed E-state index contributed by atoms with van der Waals surface area (Å²) < 4.78 is 0. The second kappa shape index (κ2) is 7.97.